The van der Waals surface area contributed by atoms with Gasteiger partial charge in [-0.25, -0.2) is 0 Å². The van der Waals surface area contributed by atoms with Crippen molar-refractivity contribution in [1.82, 2.24) is 10.2 Å². The van der Waals surface area contributed by atoms with E-state index in [0.717, 1.165) is 32.5 Å². The Morgan fingerprint density at radius 3 is 2.62 bits per heavy atom. The van der Waals surface area contributed by atoms with E-state index in [4.69, 9.17) is 4.74 Å². The van der Waals surface area contributed by atoms with Gasteiger partial charge in [0.15, 0.2) is 0 Å². The molecule has 0 radical (unpaired) electrons. The van der Waals surface area contributed by atoms with Gasteiger partial charge in [-0.3, -0.25) is 9.59 Å². The van der Waals surface area contributed by atoms with Crippen molar-refractivity contribution in [2.24, 2.45) is 11.8 Å². The van der Waals surface area contributed by atoms with E-state index in [1.807, 2.05) is 4.90 Å². The summed E-state index contributed by atoms with van der Waals surface area (Å²) in [7, 11) is 0. The van der Waals surface area contributed by atoms with Crippen LogP contribution in [0, 0.1) is 11.8 Å². The minimum absolute atomic E-state index is 0.0490. The second-order valence-corrected chi connectivity index (χ2v) is 6.79. The predicted molar refractivity (Wildman–Crippen MR) is 78.6 cm³/mol. The molecule has 21 heavy (non-hydrogen) atoms. The molecule has 3 aliphatic rings. The van der Waals surface area contributed by atoms with Crippen LogP contribution in [0.5, 0.6) is 0 Å². The molecule has 0 aromatic rings. The number of ether oxygens (including phenoxy) is 1. The highest BCUT2D eigenvalue weighted by molar-refractivity contribution is 5.96. The quantitative estimate of drug-likeness (QED) is 0.854. The first-order chi connectivity index (χ1) is 10.2. The zero-order valence-electron chi connectivity index (χ0n) is 12.8. The van der Waals surface area contributed by atoms with Crippen LogP contribution in [0.2, 0.25) is 0 Å². The van der Waals surface area contributed by atoms with Crippen molar-refractivity contribution in [1.29, 1.82) is 0 Å². The molecule has 2 saturated heterocycles. The monoisotopic (exact) mass is 294 g/mol. The van der Waals surface area contributed by atoms with E-state index < -0.39 is 0 Å². The molecule has 1 N–H and O–H groups in total. The molecular weight excluding hydrogens is 268 g/mol. The molecule has 3 unspecified atom stereocenters. The Labute approximate surface area is 126 Å². The Morgan fingerprint density at radius 2 is 1.95 bits per heavy atom. The van der Waals surface area contributed by atoms with E-state index in [1.54, 1.807) is 6.92 Å². The van der Waals surface area contributed by atoms with Gasteiger partial charge in [-0.05, 0) is 32.1 Å². The van der Waals surface area contributed by atoms with E-state index in [0.29, 0.717) is 18.4 Å². The van der Waals surface area contributed by atoms with Crippen LogP contribution in [-0.4, -0.2) is 48.6 Å². The van der Waals surface area contributed by atoms with Gasteiger partial charge in [0, 0.05) is 19.1 Å². The summed E-state index contributed by atoms with van der Waals surface area (Å²) in [4.78, 5) is 27.0. The Bertz CT molecular complexity index is 400. The van der Waals surface area contributed by atoms with Gasteiger partial charge in [0.25, 0.3) is 0 Å². The molecule has 5 heteroatoms. The number of amides is 2. The first-order valence-corrected chi connectivity index (χ1v) is 8.35. The van der Waals surface area contributed by atoms with Crippen LogP contribution in [0.4, 0.5) is 0 Å². The molecule has 3 atom stereocenters. The van der Waals surface area contributed by atoms with Crippen LogP contribution in [0.15, 0.2) is 0 Å². The fourth-order valence-electron chi connectivity index (χ4n) is 4.02. The van der Waals surface area contributed by atoms with Crippen LogP contribution in [0.25, 0.3) is 0 Å². The molecular formula is C16H26N2O3. The third-order valence-corrected chi connectivity index (χ3v) is 5.19. The Kier molecular flexibility index (Phi) is 4.48. The van der Waals surface area contributed by atoms with Crippen molar-refractivity contribution in [2.45, 2.75) is 57.5 Å². The Morgan fingerprint density at radius 1 is 1.19 bits per heavy atom. The molecule has 2 aliphatic heterocycles. The SMILES string of the molecule is CC1NC(=O)C(C2CCCCC2)N(CC2CCOC2)C1=O. The zero-order valence-corrected chi connectivity index (χ0v) is 12.8. The van der Waals surface area contributed by atoms with Gasteiger partial charge in [-0.2, -0.15) is 0 Å². The molecule has 1 saturated carbocycles. The van der Waals surface area contributed by atoms with Crippen LogP contribution < -0.4 is 5.32 Å². The van der Waals surface area contributed by atoms with E-state index in [1.165, 1.54) is 19.3 Å². The molecule has 3 fully saturated rings. The van der Waals surface area contributed by atoms with Crippen molar-refractivity contribution in [3.8, 4) is 0 Å². The number of nitrogens with zero attached hydrogens (tertiary/aromatic N) is 1. The normalized spacial score (nSPS) is 35.1. The highest BCUT2D eigenvalue weighted by atomic mass is 16.5. The van der Waals surface area contributed by atoms with Gasteiger partial charge in [-0.1, -0.05) is 19.3 Å². The number of nitrogens with one attached hydrogen (secondary N) is 1. The minimum atomic E-state index is -0.389. The third-order valence-electron chi connectivity index (χ3n) is 5.19. The number of rotatable bonds is 3. The summed E-state index contributed by atoms with van der Waals surface area (Å²) in [5.74, 6) is 0.848. The maximum atomic E-state index is 12.6. The number of piperazine rings is 1. The summed E-state index contributed by atoms with van der Waals surface area (Å²) in [6.45, 7) is 3.97. The molecule has 2 heterocycles. The lowest BCUT2D eigenvalue weighted by atomic mass is 9.81. The van der Waals surface area contributed by atoms with Crippen molar-refractivity contribution in [2.75, 3.05) is 19.8 Å². The molecule has 3 rings (SSSR count). The second-order valence-electron chi connectivity index (χ2n) is 6.79. The standard InChI is InChI=1S/C16H26N2O3/c1-11-16(20)18(9-12-7-8-21-10-12)14(15(19)17-11)13-5-3-2-4-6-13/h11-14H,2-10H2,1H3,(H,17,19). The maximum Gasteiger partial charge on any atom is 0.245 e. The number of carbonyl (C=O) groups excluding carboxylic acids is 2. The van der Waals surface area contributed by atoms with Gasteiger partial charge in [0.1, 0.15) is 12.1 Å². The second kappa shape index (κ2) is 6.34. The summed E-state index contributed by atoms with van der Waals surface area (Å²) in [6.07, 6.45) is 6.74. The number of carbonyl (C=O) groups is 2. The lowest BCUT2D eigenvalue weighted by Crippen LogP contribution is -2.65. The molecule has 2 amide bonds. The van der Waals surface area contributed by atoms with Crippen LogP contribution in [-0.2, 0) is 14.3 Å². The summed E-state index contributed by atoms with van der Waals surface area (Å²) in [5, 5.41) is 2.87. The van der Waals surface area contributed by atoms with Gasteiger partial charge in [-0.15, -0.1) is 0 Å². The van der Waals surface area contributed by atoms with Crippen molar-refractivity contribution >= 4 is 11.8 Å². The molecule has 0 aromatic carbocycles. The topological polar surface area (TPSA) is 58.6 Å². The first-order valence-electron chi connectivity index (χ1n) is 8.35. The average molecular weight is 294 g/mol. The number of hydrogen-bond acceptors (Lipinski definition) is 3. The van der Waals surface area contributed by atoms with Crippen molar-refractivity contribution in [3.05, 3.63) is 0 Å². The van der Waals surface area contributed by atoms with Crippen LogP contribution in [0.1, 0.15) is 45.4 Å². The molecule has 0 bridgehead atoms. The summed E-state index contributed by atoms with van der Waals surface area (Å²) in [6, 6.07) is -0.644. The summed E-state index contributed by atoms with van der Waals surface area (Å²) >= 11 is 0. The van der Waals surface area contributed by atoms with Crippen molar-refractivity contribution < 1.29 is 14.3 Å². The minimum Gasteiger partial charge on any atom is -0.381 e. The van der Waals surface area contributed by atoms with Gasteiger partial charge in [0.2, 0.25) is 11.8 Å². The van der Waals surface area contributed by atoms with E-state index in [2.05, 4.69) is 5.32 Å². The predicted octanol–water partition coefficient (Wildman–Crippen LogP) is 1.32. The number of hydrogen-bond donors (Lipinski definition) is 1. The Balaban J connectivity index is 1.77. The Hall–Kier alpha value is -1.10. The first kappa shape index (κ1) is 14.8. The molecule has 0 spiro atoms. The fraction of sp³-hybridized carbons (Fsp3) is 0.875. The third kappa shape index (κ3) is 3.07. The van der Waals surface area contributed by atoms with Gasteiger partial charge < -0.3 is 15.0 Å². The lowest BCUT2D eigenvalue weighted by molar-refractivity contribution is -0.152. The van der Waals surface area contributed by atoms with E-state index in [9.17, 15) is 9.59 Å². The molecule has 1 aliphatic carbocycles. The molecule has 5 nitrogen and oxygen atoms in total. The molecule has 0 aromatic heterocycles. The fourth-order valence-corrected chi connectivity index (χ4v) is 4.02. The van der Waals surface area contributed by atoms with E-state index >= 15 is 0 Å². The summed E-state index contributed by atoms with van der Waals surface area (Å²) in [5.41, 5.74) is 0. The average Bonchev–Trinajstić information content (AvgIpc) is 2.98. The lowest BCUT2D eigenvalue weighted by Gasteiger charge is -2.43. The highest BCUT2D eigenvalue weighted by Crippen LogP contribution is 2.32. The zero-order chi connectivity index (χ0) is 14.8. The van der Waals surface area contributed by atoms with Crippen LogP contribution >= 0.6 is 0 Å². The molecule has 118 valence electrons. The highest BCUT2D eigenvalue weighted by Gasteiger charge is 2.43. The van der Waals surface area contributed by atoms with Crippen molar-refractivity contribution in [3.63, 3.8) is 0 Å². The summed E-state index contributed by atoms with van der Waals surface area (Å²) < 4.78 is 5.43. The largest absolute Gasteiger partial charge is 0.381 e. The van der Waals surface area contributed by atoms with E-state index in [-0.39, 0.29) is 23.9 Å². The van der Waals surface area contributed by atoms with Gasteiger partial charge in [0.05, 0.1) is 6.61 Å². The smallest absolute Gasteiger partial charge is 0.245 e. The van der Waals surface area contributed by atoms with Gasteiger partial charge >= 0.3 is 0 Å². The maximum absolute atomic E-state index is 12.6. The van der Waals surface area contributed by atoms with Crippen LogP contribution in [0.3, 0.4) is 0 Å².